The second kappa shape index (κ2) is 27.0. The van der Waals surface area contributed by atoms with Gasteiger partial charge >= 0.3 is 11.9 Å². The molecule has 0 unspecified atom stereocenters. The molecule has 0 aromatic heterocycles. The summed E-state index contributed by atoms with van der Waals surface area (Å²) in [6.45, 7) is 19.8. The molecule has 7 rings (SSSR count). The van der Waals surface area contributed by atoms with E-state index >= 15 is 0 Å². The van der Waals surface area contributed by atoms with Crippen LogP contribution in [0.5, 0.6) is 17.2 Å². The zero-order valence-electron chi connectivity index (χ0n) is 39.6. The lowest BCUT2D eigenvalue weighted by Crippen LogP contribution is -2.11. The van der Waals surface area contributed by atoms with Gasteiger partial charge in [-0.3, -0.25) is 0 Å². The maximum absolute atomic E-state index is 11.2. The van der Waals surface area contributed by atoms with Gasteiger partial charge in [-0.1, -0.05) is 146 Å². The minimum atomic E-state index is -0.474. The maximum Gasteiger partial charge on any atom is 0.335 e. The van der Waals surface area contributed by atoms with Crippen molar-refractivity contribution in [2.24, 2.45) is 17.8 Å². The summed E-state index contributed by atoms with van der Waals surface area (Å²) in [5.41, 5.74) is 7.08. The summed E-state index contributed by atoms with van der Waals surface area (Å²) < 4.78 is 26.3. The molecule has 0 amide bonds. The van der Waals surface area contributed by atoms with Crippen molar-refractivity contribution in [1.82, 2.24) is 0 Å². The normalized spacial score (nSPS) is 21.4. The molecule has 3 fully saturated rings. The van der Waals surface area contributed by atoms with Crippen molar-refractivity contribution in [3.05, 3.63) is 156 Å². The van der Waals surface area contributed by atoms with Crippen LogP contribution in [0.15, 0.2) is 128 Å². The van der Waals surface area contributed by atoms with Crippen molar-refractivity contribution in [3.63, 3.8) is 0 Å². The average Bonchev–Trinajstić information content (AvgIpc) is 3.33. The Morgan fingerprint density at radius 3 is 1.25 bits per heavy atom. The number of hydrogen-bond donors (Lipinski definition) is 0. The Kier molecular flexibility index (Phi) is 21.0. The summed E-state index contributed by atoms with van der Waals surface area (Å²) in [7, 11) is 0. The number of benzene rings is 4. The molecule has 0 spiro atoms. The zero-order chi connectivity index (χ0) is 46.4. The number of carbonyl (C=O) groups excluding carboxylic acids is 2. The van der Waals surface area contributed by atoms with Gasteiger partial charge < -0.3 is 23.7 Å². The number of carbonyl (C=O) groups is 2. The van der Waals surface area contributed by atoms with E-state index in [9.17, 15) is 9.59 Å². The molecule has 0 radical (unpaired) electrons. The molecule has 0 N–H and O–H groups in total. The molecule has 348 valence electrons. The van der Waals surface area contributed by atoms with Crippen LogP contribution < -0.4 is 14.2 Å². The smallest absolute Gasteiger partial charge is 0.335 e. The van der Waals surface area contributed by atoms with Crippen molar-refractivity contribution in [2.45, 2.75) is 129 Å². The fourth-order valence-corrected chi connectivity index (χ4v) is 8.88. The zero-order valence-corrected chi connectivity index (χ0v) is 39.6. The minimum Gasteiger partial charge on any atom is -0.493 e. The summed E-state index contributed by atoms with van der Waals surface area (Å²) in [6.07, 6.45) is 19.7. The van der Waals surface area contributed by atoms with E-state index in [1.165, 1.54) is 99.3 Å². The lowest BCUT2D eigenvalue weighted by molar-refractivity contribution is -0.145. The Morgan fingerprint density at radius 1 is 0.523 bits per heavy atom. The van der Waals surface area contributed by atoms with Gasteiger partial charge in [0.2, 0.25) is 13.6 Å². The second-order valence-electron chi connectivity index (χ2n) is 18.5. The van der Waals surface area contributed by atoms with Gasteiger partial charge in [0.15, 0.2) is 0 Å². The highest BCUT2D eigenvalue weighted by atomic mass is 16.7. The van der Waals surface area contributed by atoms with Crippen molar-refractivity contribution in [2.75, 3.05) is 20.2 Å². The lowest BCUT2D eigenvalue weighted by Gasteiger charge is -2.26. The molecular formula is C58H74O7. The molecule has 4 aromatic rings. The largest absolute Gasteiger partial charge is 0.493 e. The molecule has 7 heteroatoms. The third-order valence-corrected chi connectivity index (χ3v) is 13.3. The van der Waals surface area contributed by atoms with Crippen LogP contribution in [0.4, 0.5) is 0 Å². The van der Waals surface area contributed by atoms with E-state index in [-0.39, 0.29) is 13.6 Å². The van der Waals surface area contributed by atoms with E-state index in [2.05, 4.69) is 113 Å². The van der Waals surface area contributed by atoms with E-state index in [4.69, 9.17) is 23.7 Å². The Hall–Kier alpha value is -5.56. The third-order valence-electron chi connectivity index (χ3n) is 13.3. The van der Waals surface area contributed by atoms with Crippen molar-refractivity contribution in [3.8, 4) is 17.2 Å². The quantitative estimate of drug-likeness (QED) is 0.0630. The van der Waals surface area contributed by atoms with Gasteiger partial charge in [-0.15, -0.1) is 0 Å². The highest BCUT2D eigenvalue weighted by Gasteiger charge is 2.22. The summed E-state index contributed by atoms with van der Waals surface area (Å²) in [6, 6.07) is 33.5. The molecule has 0 heterocycles. The van der Waals surface area contributed by atoms with E-state index in [1.54, 1.807) is 6.92 Å². The molecular weight excluding hydrogens is 809 g/mol. The predicted molar refractivity (Wildman–Crippen MR) is 264 cm³/mol. The molecule has 7 nitrogen and oxygen atoms in total. The summed E-state index contributed by atoms with van der Waals surface area (Å²) in [4.78, 5) is 22.1. The van der Waals surface area contributed by atoms with Crippen LogP contribution in [-0.2, 0) is 25.5 Å². The van der Waals surface area contributed by atoms with E-state index in [0.717, 1.165) is 59.0 Å². The lowest BCUT2D eigenvalue weighted by atomic mass is 9.79. The minimum absolute atomic E-state index is 0.0774. The van der Waals surface area contributed by atoms with E-state index in [0.29, 0.717) is 24.0 Å². The van der Waals surface area contributed by atoms with Gasteiger partial charge in [0.05, 0.1) is 6.61 Å². The Bertz CT molecular complexity index is 2030. The highest BCUT2D eigenvalue weighted by molar-refractivity contribution is 5.86. The predicted octanol–water partition coefficient (Wildman–Crippen LogP) is 14.7. The van der Waals surface area contributed by atoms with Crippen molar-refractivity contribution < 1.29 is 33.3 Å². The fourth-order valence-electron chi connectivity index (χ4n) is 8.88. The molecule has 3 aliphatic carbocycles. The van der Waals surface area contributed by atoms with Gasteiger partial charge in [-0.2, -0.15) is 0 Å². The second-order valence-corrected chi connectivity index (χ2v) is 18.5. The molecule has 0 bridgehead atoms. The van der Waals surface area contributed by atoms with E-state index in [1.807, 2.05) is 30.3 Å². The third kappa shape index (κ3) is 17.7. The monoisotopic (exact) mass is 883 g/mol. The first-order chi connectivity index (χ1) is 31.5. The number of hydrogen-bond acceptors (Lipinski definition) is 7. The van der Waals surface area contributed by atoms with Crippen LogP contribution in [0.1, 0.15) is 150 Å². The maximum atomic E-state index is 11.2. The van der Waals surface area contributed by atoms with Gasteiger partial charge in [0.25, 0.3) is 0 Å². The SMILES string of the molecule is C=C(C)C(=O)OCOc1ccc(C2CCC(C)CC2)cc1.C=CC(=O)OCOc1ccc(C2CCC(C)CC2)cc1.C=Cc1ccc(CCOc2ccc(C3CCC(C)CC3)cc2)cc1. The first kappa shape index (κ1) is 50.4. The van der Waals surface area contributed by atoms with Crippen molar-refractivity contribution >= 4 is 18.0 Å². The summed E-state index contributed by atoms with van der Waals surface area (Å²) >= 11 is 0. The van der Waals surface area contributed by atoms with Gasteiger partial charge in [0, 0.05) is 18.1 Å². The summed E-state index contributed by atoms with van der Waals surface area (Å²) in [5.74, 6) is 6.26. The van der Waals surface area contributed by atoms with E-state index < -0.39 is 11.9 Å². The number of ether oxygens (including phenoxy) is 5. The van der Waals surface area contributed by atoms with Crippen LogP contribution in [0.25, 0.3) is 6.08 Å². The Balaban J connectivity index is 0.000000184. The molecule has 0 aliphatic heterocycles. The molecule has 0 atom stereocenters. The van der Waals surface area contributed by atoms with Crippen LogP contribution in [-0.4, -0.2) is 32.1 Å². The Morgan fingerprint density at radius 2 is 0.892 bits per heavy atom. The van der Waals surface area contributed by atoms with Gasteiger partial charge in [-0.25, -0.2) is 9.59 Å². The number of esters is 2. The topological polar surface area (TPSA) is 80.3 Å². The molecule has 3 saturated carbocycles. The fraction of sp³-hybridized carbons (Fsp3) is 0.448. The molecule has 65 heavy (non-hydrogen) atoms. The van der Waals surface area contributed by atoms with Crippen molar-refractivity contribution in [1.29, 1.82) is 0 Å². The van der Waals surface area contributed by atoms with Gasteiger partial charge in [0.1, 0.15) is 17.2 Å². The van der Waals surface area contributed by atoms with Crippen LogP contribution in [0.2, 0.25) is 0 Å². The molecule has 3 aliphatic rings. The first-order valence-corrected chi connectivity index (χ1v) is 24.0. The Labute approximate surface area is 390 Å². The molecule has 4 aromatic carbocycles. The first-order valence-electron chi connectivity index (χ1n) is 24.0. The highest BCUT2D eigenvalue weighted by Crippen LogP contribution is 2.38. The van der Waals surface area contributed by atoms with Crippen LogP contribution >= 0.6 is 0 Å². The summed E-state index contributed by atoms with van der Waals surface area (Å²) in [5, 5.41) is 0. The van der Waals surface area contributed by atoms with Crippen LogP contribution in [0, 0.1) is 17.8 Å². The van der Waals surface area contributed by atoms with Gasteiger partial charge in [-0.05, 0) is 145 Å². The standard InChI is InChI=1S/C23H28O.C18H24O3.C17H22O3/c1-3-19-6-8-20(9-7-19)16-17-24-23-14-12-22(13-15-23)21-10-4-18(2)5-11-21;1-13(2)18(19)21-12-20-17-10-8-16(9-11-17)15-6-4-14(3)5-7-15;1-3-17(18)20-12-19-16-10-8-15(9-11-16)14-6-4-13(2)5-7-14/h3,6-9,12-15,18,21H,1,4-5,10-11,16-17H2,2H3;8-11,14-15H,1,4-7,12H2,2-3H3;3,8-11,13-14H,1,4-7,12H2,2H3. The number of rotatable bonds is 16. The van der Waals surface area contributed by atoms with Crippen LogP contribution in [0.3, 0.4) is 0 Å². The average molecular weight is 883 g/mol. The molecule has 0 saturated heterocycles.